The van der Waals surface area contributed by atoms with E-state index in [0.29, 0.717) is 5.57 Å². The van der Waals surface area contributed by atoms with Crippen LogP contribution in [0.5, 0.6) is 0 Å². The van der Waals surface area contributed by atoms with Gasteiger partial charge in [0.25, 0.3) is 0 Å². The molecule has 0 saturated carbocycles. The number of aliphatic hydroxyl groups excluding tert-OH is 1. The van der Waals surface area contributed by atoms with Crippen molar-refractivity contribution in [1.82, 2.24) is 0 Å². The van der Waals surface area contributed by atoms with E-state index in [2.05, 4.69) is 6.58 Å². The van der Waals surface area contributed by atoms with Crippen LogP contribution >= 0.6 is 0 Å². The number of carbonyl (C=O) groups is 1. The van der Waals surface area contributed by atoms with Gasteiger partial charge in [-0.05, 0) is 32.6 Å². The van der Waals surface area contributed by atoms with Gasteiger partial charge in [-0.1, -0.05) is 37.8 Å². The Morgan fingerprint density at radius 1 is 1.16 bits per heavy atom. The summed E-state index contributed by atoms with van der Waals surface area (Å²) in [6, 6.07) is 0. The first-order valence-electron chi connectivity index (χ1n) is 7.36. The summed E-state index contributed by atoms with van der Waals surface area (Å²) in [7, 11) is 0. The van der Waals surface area contributed by atoms with E-state index < -0.39 is 12.2 Å². The number of allylic oxidation sites excluding steroid dienone is 2. The van der Waals surface area contributed by atoms with Gasteiger partial charge in [-0.25, -0.2) is 4.79 Å². The number of aliphatic hydroxyl groups is 1. The summed E-state index contributed by atoms with van der Waals surface area (Å²) in [6.07, 6.45) is 11.9. The zero-order chi connectivity index (χ0) is 14.1. The molecule has 0 aromatic carbocycles. The average Bonchev–Trinajstić information content (AvgIpc) is 2.63. The van der Waals surface area contributed by atoms with Crippen molar-refractivity contribution in [2.24, 2.45) is 0 Å². The van der Waals surface area contributed by atoms with Crippen molar-refractivity contribution in [3.8, 4) is 0 Å². The van der Waals surface area contributed by atoms with E-state index in [1.165, 1.54) is 32.1 Å². The Morgan fingerprint density at radius 3 is 2.26 bits per heavy atom. The molecule has 0 radical (unpaired) electrons. The van der Waals surface area contributed by atoms with E-state index in [-0.39, 0.29) is 5.97 Å². The summed E-state index contributed by atoms with van der Waals surface area (Å²) >= 11 is 0. The highest BCUT2D eigenvalue weighted by molar-refractivity contribution is 5.92. The standard InChI is InChI=1S/C16H26O3/c1-3-4-5-6-7-8-9-10-11-12-14-15(17)13(2)19-16(14)18/h3,12-13,15,17H,1,4-11H2,2H3/b14-12+/t13-,15+/m0/s1. The Morgan fingerprint density at radius 2 is 1.74 bits per heavy atom. The molecule has 1 aliphatic rings. The first-order chi connectivity index (χ1) is 9.16. The fraction of sp³-hybridized carbons (Fsp3) is 0.688. The molecular formula is C16H26O3. The molecule has 19 heavy (non-hydrogen) atoms. The van der Waals surface area contributed by atoms with Crippen molar-refractivity contribution >= 4 is 5.97 Å². The zero-order valence-corrected chi connectivity index (χ0v) is 11.9. The van der Waals surface area contributed by atoms with E-state index in [9.17, 15) is 9.90 Å². The molecular weight excluding hydrogens is 240 g/mol. The second-order valence-corrected chi connectivity index (χ2v) is 5.20. The average molecular weight is 266 g/mol. The maximum Gasteiger partial charge on any atom is 0.336 e. The maximum absolute atomic E-state index is 11.4. The summed E-state index contributed by atoms with van der Waals surface area (Å²) in [5, 5.41) is 9.73. The number of hydrogen-bond donors (Lipinski definition) is 1. The molecule has 1 heterocycles. The molecule has 2 atom stereocenters. The van der Waals surface area contributed by atoms with E-state index in [0.717, 1.165) is 19.3 Å². The highest BCUT2D eigenvalue weighted by atomic mass is 16.6. The number of cyclic esters (lactones) is 1. The first kappa shape index (κ1) is 16.0. The Labute approximate surface area is 116 Å². The summed E-state index contributed by atoms with van der Waals surface area (Å²) in [6.45, 7) is 5.42. The monoisotopic (exact) mass is 266 g/mol. The predicted molar refractivity (Wildman–Crippen MR) is 76.8 cm³/mol. The lowest BCUT2D eigenvalue weighted by molar-refractivity contribution is -0.138. The fourth-order valence-corrected chi connectivity index (χ4v) is 2.28. The lowest BCUT2D eigenvalue weighted by atomic mass is 10.0. The molecule has 1 rings (SSSR count). The zero-order valence-electron chi connectivity index (χ0n) is 11.9. The van der Waals surface area contributed by atoms with Crippen LogP contribution < -0.4 is 0 Å². The van der Waals surface area contributed by atoms with Crippen LogP contribution in [0.15, 0.2) is 24.3 Å². The third-order valence-electron chi connectivity index (χ3n) is 3.52. The summed E-state index contributed by atoms with van der Waals surface area (Å²) < 4.78 is 4.95. The number of esters is 1. The smallest absolute Gasteiger partial charge is 0.336 e. The van der Waals surface area contributed by atoms with E-state index in [1.807, 2.05) is 12.2 Å². The molecule has 1 fully saturated rings. The Balaban J connectivity index is 2.07. The van der Waals surface area contributed by atoms with Gasteiger partial charge < -0.3 is 9.84 Å². The largest absolute Gasteiger partial charge is 0.456 e. The molecule has 0 spiro atoms. The van der Waals surface area contributed by atoms with Crippen LogP contribution in [0.3, 0.4) is 0 Å². The van der Waals surface area contributed by atoms with E-state index >= 15 is 0 Å². The number of unbranched alkanes of at least 4 members (excludes halogenated alkanes) is 7. The number of ether oxygens (including phenoxy) is 1. The van der Waals surface area contributed by atoms with Crippen molar-refractivity contribution in [2.75, 3.05) is 0 Å². The van der Waals surface area contributed by atoms with Gasteiger partial charge in [0, 0.05) is 0 Å². The van der Waals surface area contributed by atoms with E-state index in [4.69, 9.17) is 4.74 Å². The highest BCUT2D eigenvalue weighted by Crippen LogP contribution is 2.21. The molecule has 0 bridgehead atoms. The van der Waals surface area contributed by atoms with Crippen molar-refractivity contribution in [2.45, 2.75) is 70.5 Å². The minimum absolute atomic E-state index is 0.357. The number of hydrogen-bond acceptors (Lipinski definition) is 3. The lowest BCUT2D eigenvalue weighted by Crippen LogP contribution is -2.17. The quantitative estimate of drug-likeness (QED) is 0.300. The molecule has 3 nitrogen and oxygen atoms in total. The molecule has 0 aliphatic carbocycles. The minimum Gasteiger partial charge on any atom is -0.456 e. The van der Waals surface area contributed by atoms with Gasteiger partial charge in [-0.2, -0.15) is 0 Å². The topological polar surface area (TPSA) is 46.5 Å². The molecule has 3 heteroatoms. The van der Waals surface area contributed by atoms with Gasteiger partial charge in [-0.3, -0.25) is 0 Å². The van der Waals surface area contributed by atoms with Crippen molar-refractivity contribution in [1.29, 1.82) is 0 Å². The van der Waals surface area contributed by atoms with Gasteiger partial charge in [0.2, 0.25) is 0 Å². The van der Waals surface area contributed by atoms with Crippen molar-refractivity contribution < 1.29 is 14.6 Å². The first-order valence-corrected chi connectivity index (χ1v) is 7.36. The second kappa shape index (κ2) is 8.92. The Kier molecular flexibility index (Phi) is 7.49. The molecule has 1 N–H and O–H groups in total. The molecule has 1 saturated heterocycles. The summed E-state index contributed by atoms with van der Waals surface area (Å²) in [4.78, 5) is 11.4. The van der Waals surface area contributed by atoms with Gasteiger partial charge in [0.05, 0.1) is 5.57 Å². The van der Waals surface area contributed by atoms with Gasteiger partial charge >= 0.3 is 5.97 Å². The van der Waals surface area contributed by atoms with Crippen LogP contribution in [-0.4, -0.2) is 23.3 Å². The lowest BCUT2D eigenvalue weighted by Gasteiger charge is -2.04. The molecule has 0 aromatic heterocycles. The number of rotatable bonds is 9. The van der Waals surface area contributed by atoms with Gasteiger partial charge in [0.1, 0.15) is 12.2 Å². The van der Waals surface area contributed by atoms with E-state index in [1.54, 1.807) is 6.92 Å². The molecule has 1 aliphatic heterocycles. The van der Waals surface area contributed by atoms with Crippen molar-refractivity contribution in [3.63, 3.8) is 0 Å². The second-order valence-electron chi connectivity index (χ2n) is 5.20. The van der Waals surface area contributed by atoms with Crippen molar-refractivity contribution in [3.05, 3.63) is 24.3 Å². The Bertz CT molecular complexity index is 320. The maximum atomic E-state index is 11.4. The van der Waals surface area contributed by atoms with Crippen LogP contribution in [0.2, 0.25) is 0 Å². The minimum atomic E-state index is -0.744. The van der Waals surface area contributed by atoms with Crippen LogP contribution in [0.1, 0.15) is 58.3 Å². The SMILES string of the molecule is C=CCCCCCCCC/C=C1/C(=O)O[C@@H](C)[C@H]1O. The van der Waals surface area contributed by atoms with Gasteiger partial charge in [-0.15, -0.1) is 6.58 Å². The molecule has 0 unspecified atom stereocenters. The highest BCUT2D eigenvalue weighted by Gasteiger charge is 2.34. The normalized spacial score (nSPS) is 24.7. The number of carbonyl (C=O) groups excluding carboxylic acids is 1. The molecule has 108 valence electrons. The fourth-order valence-electron chi connectivity index (χ4n) is 2.28. The Hall–Kier alpha value is -1.09. The third-order valence-corrected chi connectivity index (χ3v) is 3.52. The van der Waals surface area contributed by atoms with Crippen LogP contribution in [0, 0.1) is 0 Å². The third kappa shape index (κ3) is 5.60. The molecule has 0 aromatic rings. The summed E-state index contributed by atoms with van der Waals surface area (Å²) in [5.74, 6) is -0.357. The predicted octanol–water partition coefficient (Wildman–Crippen LogP) is 3.53. The summed E-state index contributed by atoms with van der Waals surface area (Å²) in [5.41, 5.74) is 0.443. The van der Waals surface area contributed by atoms with Crippen LogP contribution in [0.4, 0.5) is 0 Å². The van der Waals surface area contributed by atoms with Gasteiger partial charge in [0.15, 0.2) is 0 Å². The molecule has 0 amide bonds. The van der Waals surface area contributed by atoms with Crippen LogP contribution in [0.25, 0.3) is 0 Å². The van der Waals surface area contributed by atoms with Crippen LogP contribution in [-0.2, 0) is 9.53 Å².